The van der Waals surface area contributed by atoms with E-state index in [9.17, 15) is 0 Å². The fourth-order valence-corrected chi connectivity index (χ4v) is 2.33. The molecule has 0 heterocycles. The average Bonchev–Trinajstić information content (AvgIpc) is 2.15. The molecular formula is C15H32. The van der Waals surface area contributed by atoms with Crippen molar-refractivity contribution in [2.75, 3.05) is 0 Å². The summed E-state index contributed by atoms with van der Waals surface area (Å²) in [6, 6.07) is 0. The number of unbranched alkanes of at least 4 members (excludes halogenated alkanes) is 2. The van der Waals surface area contributed by atoms with E-state index >= 15 is 0 Å². The average molecular weight is 212 g/mol. The molecule has 0 aliphatic heterocycles. The molecule has 92 valence electrons. The van der Waals surface area contributed by atoms with E-state index in [2.05, 4.69) is 34.6 Å². The maximum atomic E-state index is 2.43. The molecule has 0 nitrogen and oxygen atoms in total. The lowest BCUT2D eigenvalue weighted by Gasteiger charge is -2.25. The molecule has 0 saturated heterocycles. The fourth-order valence-electron chi connectivity index (χ4n) is 2.33. The van der Waals surface area contributed by atoms with Crippen LogP contribution in [0.4, 0.5) is 0 Å². The van der Waals surface area contributed by atoms with Gasteiger partial charge in [-0.3, -0.25) is 0 Å². The van der Waals surface area contributed by atoms with Gasteiger partial charge in [-0.2, -0.15) is 0 Å². The zero-order valence-corrected chi connectivity index (χ0v) is 11.7. The highest BCUT2D eigenvalue weighted by molar-refractivity contribution is 4.69. The van der Waals surface area contributed by atoms with Gasteiger partial charge in [0.1, 0.15) is 0 Å². The summed E-state index contributed by atoms with van der Waals surface area (Å²) in [7, 11) is 0. The molecule has 0 spiro atoms. The van der Waals surface area contributed by atoms with Gasteiger partial charge < -0.3 is 0 Å². The SMILES string of the molecule is CCCCCC(C)CCC(C)(C)CCC. The fraction of sp³-hybridized carbons (Fsp3) is 1.00. The van der Waals surface area contributed by atoms with Gasteiger partial charge in [0.25, 0.3) is 0 Å². The standard InChI is InChI=1S/C15H32/c1-6-8-9-10-14(3)11-13-15(4,5)12-7-2/h14H,6-13H2,1-5H3. The smallest absolute Gasteiger partial charge is 0.0354 e. The Morgan fingerprint density at radius 1 is 0.867 bits per heavy atom. The van der Waals surface area contributed by atoms with Crippen LogP contribution in [0.15, 0.2) is 0 Å². The highest BCUT2D eigenvalue weighted by atomic mass is 14.2. The maximum Gasteiger partial charge on any atom is -0.0354 e. The van der Waals surface area contributed by atoms with Gasteiger partial charge in [-0.1, -0.05) is 73.1 Å². The van der Waals surface area contributed by atoms with Gasteiger partial charge in [0.15, 0.2) is 0 Å². The topological polar surface area (TPSA) is 0 Å². The highest BCUT2D eigenvalue weighted by Crippen LogP contribution is 2.30. The van der Waals surface area contributed by atoms with Crippen LogP contribution in [0, 0.1) is 11.3 Å². The molecule has 0 aromatic rings. The summed E-state index contributed by atoms with van der Waals surface area (Å²) in [5.74, 6) is 0.938. The van der Waals surface area contributed by atoms with Gasteiger partial charge in [-0.25, -0.2) is 0 Å². The van der Waals surface area contributed by atoms with Crippen LogP contribution in [0.1, 0.15) is 86.0 Å². The van der Waals surface area contributed by atoms with Gasteiger partial charge in [-0.15, -0.1) is 0 Å². The van der Waals surface area contributed by atoms with E-state index in [1.165, 1.54) is 51.4 Å². The molecule has 0 saturated carbocycles. The molecule has 1 atom stereocenters. The van der Waals surface area contributed by atoms with Crippen LogP contribution >= 0.6 is 0 Å². The highest BCUT2D eigenvalue weighted by Gasteiger charge is 2.17. The Kier molecular flexibility index (Phi) is 8.19. The molecule has 0 aromatic heterocycles. The van der Waals surface area contributed by atoms with E-state index in [1.807, 2.05) is 0 Å². The van der Waals surface area contributed by atoms with E-state index in [4.69, 9.17) is 0 Å². The second-order valence-electron chi connectivity index (χ2n) is 6.05. The molecular weight excluding hydrogens is 180 g/mol. The van der Waals surface area contributed by atoms with Gasteiger partial charge in [0, 0.05) is 0 Å². The van der Waals surface area contributed by atoms with Crippen molar-refractivity contribution in [3.63, 3.8) is 0 Å². The predicted molar refractivity (Wildman–Crippen MR) is 71.2 cm³/mol. The van der Waals surface area contributed by atoms with Crippen molar-refractivity contribution in [1.29, 1.82) is 0 Å². The zero-order valence-electron chi connectivity index (χ0n) is 11.7. The van der Waals surface area contributed by atoms with E-state index in [-0.39, 0.29) is 0 Å². The summed E-state index contributed by atoms with van der Waals surface area (Å²) in [6.45, 7) is 11.9. The third kappa shape index (κ3) is 8.96. The van der Waals surface area contributed by atoms with Gasteiger partial charge in [0.2, 0.25) is 0 Å². The Bertz CT molecular complexity index is 135. The second-order valence-corrected chi connectivity index (χ2v) is 6.05. The lowest BCUT2D eigenvalue weighted by Crippen LogP contribution is -2.12. The second kappa shape index (κ2) is 8.19. The quantitative estimate of drug-likeness (QED) is 0.423. The van der Waals surface area contributed by atoms with Crippen molar-refractivity contribution in [2.45, 2.75) is 86.0 Å². The first-order valence-electron chi connectivity index (χ1n) is 7.02. The van der Waals surface area contributed by atoms with Crippen LogP contribution in [-0.2, 0) is 0 Å². The summed E-state index contributed by atoms with van der Waals surface area (Å²) < 4.78 is 0. The van der Waals surface area contributed by atoms with Gasteiger partial charge in [-0.05, 0) is 24.2 Å². The molecule has 0 fully saturated rings. The van der Waals surface area contributed by atoms with Crippen LogP contribution in [0.2, 0.25) is 0 Å². The minimum absolute atomic E-state index is 0.577. The van der Waals surface area contributed by atoms with E-state index in [1.54, 1.807) is 0 Å². The minimum atomic E-state index is 0.577. The van der Waals surface area contributed by atoms with Crippen molar-refractivity contribution in [3.05, 3.63) is 0 Å². The Labute approximate surface area is 97.8 Å². The van der Waals surface area contributed by atoms with Crippen molar-refractivity contribution >= 4 is 0 Å². The molecule has 0 aliphatic rings. The van der Waals surface area contributed by atoms with Crippen LogP contribution in [0.5, 0.6) is 0 Å². The molecule has 0 rings (SSSR count). The summed E-state index contributed by atoms with van der Waals surface area (Å²) >= 11 is 0. The summed E-state index contributed by atoms with van der Waals surface area (Å²) in [5, 5.41) is 0. The molecule has 1 unspecified atom stereocenters. The summed E-state index contributed by atoms with van der Waals surface area (Å²) in [6.07, 6.45) is 11.2. The first-order valence-corrected chi connectivity index (χ1v) is 7.02. The maximum absolute atomic E-state index is 2.43. The molecule has 0 heteroatoms. The van der Waals surface area contributed by atoms with E-state index in [0.717, 1.165) is 5.92 Å². The van der Waals surface area contributed by atoms with Crippen LogP contribution in [0.25, 0.3) is 0 Å². The lowest BCUT2D eigenvalue weighted by atomic mass is 9.80. The first-order chi connectivity index (χ1) is 7.02. The lowest BCUT2D eigenvalue weighted by molar-refractivity contribution is 0.269. The Morgan fingerprint density at radius 2 is 1.53 bits per heavy atom. The molecule has 15 heavy (non-hydrogen) atoms. The monoisotopic (exact) mass is 212 g/mol. The van der Waals surface area contributed by atoms with Crippen molar-refractivity contribution in [1.82, 2.24) is 0 Å². The summed E-state index contributed by atoms with van der Waals surface area (Å²) in [4.78, 5) is 0. The van der Waals surface area contributed by atoms with Crippen molar-refractivity contribution in [3.8, 4) is 0 Å². The minimum Gasteiger partial charge on any atom is -0.0654 e. The molecule has 0 amide bonds. The van der Waals surface area contributed by atoms with Crippen LogP contribution in [0.3, 0.4) is 0 Å². The van der Waals surface area contributed by atoms with E-state index in [0.29, 0.717) is 5.41 Å². The predicted octanol–water partition coefficient (Wildman–Crippen LogP) is 5.81. The number of hydrogen-bond donors (Lipinski definition) is 0. The van der Waals surface area contributed by atoms with Crippen LogP contribution in [-0.4, -0.2) is 0 Å². The number of rotatable bonds is 9. The Balaban J connectivity index is 3.55. The van der Waals surface area contributed by atoms with E-state index < -0.39 is 0 Å². The molecule has 0 radical (unpaired) electrons. The Hall–Kier alpha value is 0. The molecule has 0 N–H and O–H groups in total. The summed E-state index contributed by atoms with van der Waals surface area (Å²) in [5.41, 5.74) is 0.577. The normalized spacial score (nSPS) is 14.2. The zero-order chi connectivity index (χ0) is 11.7. The van der Waals surface area contributed by atoms with Gasteiger partial charge in [0.05, 0.1) is 0 Å². The molecule has 0 bridgehead atoms. The first kappa shape index (κ1) is 15.0. The molecule has 0 aliphatic carbocycles. The molecule has 0 aromatic carbocycles. The van der Waals surface area contributed by atoms with Crippen molar-refractivity contribution < 1.29 is 0 Å². The third-order valence-electron chi connectivity index (χ3n) is 3.54. The largest absolute Gasteiger partial charge is 0.0654 e. The third-order valence-corrected chi connectivity index (χ3v) is 3.54. The number of hydrogen-bond acceptors (Lipinski definition) is 0. The van der Waals surface area contributed by atoms with Gasteiger partial charge >= 0.3 is 0 Å². The van der Waals surface area contributed by atoms with Crippen molar-refractivity contribution in [2.24, 2.45) is 11.3 Å². The Morgan fingerprint density at radius 3 is 2.07 bits per heavy atom. The van der Waals surface area contributed by atoms with Crippen LogP contribution < -0.4 is 0 Å².